The lowest BCUT2D eigenvalue weighted by Gasteiger charge is -2.08. The molecule has 0 saturated carbocycles. The number of aryl methyl sites for hydroxylation is 1. The molecule has 0 radical (unpaired) electrons. The SMILES string of the molecule is Cc1ccc(CSc2nnc(-c3sc4ncccc4c3N)n2Cc2ccco2)cc1. The summed E-state index contributed by atoms with van der Waals surface area (Å²) in [5, 5.41) is 10.8. The summed E-state index contributed by atoms with van der Waals surface area (Å²) in [5.41, 5.74) is 9.64. The first-order valence-corrected chi connectivity index (χ1v) is 11.3. The van der Waals surface area contributed by atoms with E-state index in [1.807, 2.05) is 24.3 Å². The standard InChI is InChI=1S/C22H19N5OS2/c1-14-6-8-15(9-7-14)13-29-22-26-25-20(27(22)12-16-4-3-11-28-16)19-18(23)17-5-2-10-24-21(17)30-19/h2-11H,12-13,23H2,1H3. The zero-order chi connectivity index (χ0) is 20.5. The molecule has 8 heteroatoms. The van der Waals surface area contributed by atoms with Gasteiger partial charge >= 0.3 is 0 Å². The Morgan fingerprint density at radius 1 is 1.10 bits per heavy atom. The van der Waals surface area contributed by atoms with E-state index in [1.54, 1.807) is 24.2 Å². The number of nitrogens with two attached hydrogens (primary N) is 1. The number of hydrogen-bond donors (Lipinski definition) is 1. The summed E-state index contributed by atoms with van der Waals surface area (Å²) in [5.74, 6) is 2.38. The number of pyridine rings is 1. The Bertz CT molecular complexity index is 1290. The van der Waals surface area contributed by atoms with Crippen LogP contribution >= 0.6 is 23.1 Å². The molecule has 1 aromatic carbocycles. The second-order valence-electron chi connectivity index (χ2n) is 6.95. The lowest BCUT2D eigenvalue weighted by molar-refractivity contribution is 0.485. The van der Waals surface area contributed by atoms with E-state index < -0.39 is 0 Å². The topological polar surface area (TPSA) is 82.8 Å². The van der Waals surface area contributed by atoms with Crippen LogP contribution in [0.25, 0.3) is 20.9 Å². The van der Waals surface area contributed by atoms with E-state index in [0.717, 1.165) is 37.6 Å². The third-order valence-electron chi connectivity index (χ3n) is 4.81. The minimum Gasteiger partial charge on any atom is -0.467 e. The van der Waals surface area contributed by atoms with Crippen LogP contribution in [0.15, 0.2) is 70.6 Å². The van der Waals surface area contributed by atoms with Gasteiger partial charge in [0, 0.05) is 17.3 Å². The van der Waals surface area contributed by atoms with Crippen molar-refractivity contribution in [3.05, 3.63) is 77.9 Å². The average Bonchev–Trinajstić information content (AvgIpc) is 3.49. The van der Waals surface area contributed by atoms with Crippen molar-refractivity contribution >= 4 is 39.0 Å². The van der Waals surface area contributed by atoms with Gasteiger partial charge in [-0.25, -0.2) is 4.98 Å². The maximum atomic E-state index is 6.46. The van der Waals surface area contributed by atoms with Crippen molar-refractivity contribution in [1.82, 2.24) is 19.7 Å². The highest BCUT2D eigenvalue weighted by Crippen LogP contribution is 2.40. The van der Waals surface area contributed by atoms with Gasteiger partial charge in [0.05, 0.1) is 23.4 Å². The van der Waals surface area contributed by atoms with Crippen molar-refractivity contribution in [2.24, 2.45) is 0 Å². The van der Waals surface area contributed by atoms with E-state index in [-0.39, 0.29) is 0 Å². The lowest BCUT2D eigenvalue weighted by Crippen LogP contribution is -2.03. The van der Waals surface area contributed by atoms with Gasteiger partial charge in [-0.15, -0.1) is 21.5 Å². The molecule has 5 rings (SSSR count). The van der Waals surface area contributed by atoms with Gasteiger partial charge in [-0.2, -0.15) is 0 Å². The Labute approximate surface area is 181 Å². The van der Waals surface area contributed by atoms with Crippen molar-refractivity contribution in [3.8, 4) is 10.7 Å². The molecular weight excluding hydrogens is 414 g/mol. The van der Waals surface area contributed by atoms with Crippen LogP contribution in [0.1, 0.15) is 16.9 Å². The predicted molar refractivity (Wildman–Crippen MR) is 122 cm³/mol. The largest absolute Gasteiger partial charge is 0.467 e. The summed E-state index contributed by atoms with van der Waals surface area (Å²) in [4.78, 5) is 6.22. The van der Waals surface area contributed by atoms with Gasteiger partial charge in [0.25, 0.3) is 0 Å². The number of nitrogen functional groups attached to an aromatic ring is 1. The fourth-order valence-corrected chi connectivity index (χ4v) is 5.16. The Morgan fingerprint density at radius 2 is 1.97 bits per heavy atom. The number of fused-ring (bicyclic) bond motifs is 1. The molecule has 150 valence electrons. The zero-order valence-corrected chi connectivity index (χ0v) is 17.9. The van der Waals surface area contributed by atoms with E-state index in [2.05, 4.69) is 50.9 Å². The number of hydrogen-bond acceptors (Lipinski definition) is 7. The normalized spacial score (nSPS) is 11.4. The van der Waals surface area contributed by atoms with Crippen LogP contribution in [-0.2, 0) is 12.3 Å². The average molecular weight is 434 g/mol. The molecule has 0 aliphatic rings. The maximum absolute atomic E-state index is 6.46. The minimum absolute atomic E-state index is 0.534. The van der Waals surface area contributed by atoms with Gasteiger partial charge in [-0.3, -0.25) is 4.57 Å². The predicted octanol–water partition coefficient (Wildman–Crippen LogP) is 5.38. The molecule has 0 amide bonds. The first-order valence-electron chi connectivity index (χ1n) is 9.46. The van der Waals surface area contributed by atoms with Crippen molar-refractivity contribution in [2.45, 2.75) is 24.4 Å². The first-order chi connectivity index (χ1) is 14.7. The van der Waals surface area contributed by atoms with Crippen LogP contribution < -0.4 is 5.73 Å². The lowest BCUT2D eigenvalue weighted by atomic mass is 10.2. The van der Waals surface area contributed by atoms with Crippen LogP contribution in [0.2, 0.25) is 0 Å². The van der Waals surface area contributed by atoms with Crippen LogP contribution in [0, 0.1) is 6.92 Å². The van der Waals surface area contributed by atoms with Gasteiger partial charge in [0.1, 0.15) is 10.6 Å². The van der Waals surface area contributed by atoms with Gasteiger partial charge in [0.2, 0.25) is 0 Å². The van der Waals surface area contributed by atoms with Crippen LogP contribution in [0.4, 0.5) is 5.69 Å². The van der Waals surface area contributed by atoms with E-state index in [9.17, 15) is 0 Å². The van der Waals surface area contributed by atoms with Crippen LogP contribution in [0.3, 0.4) is 0 Å². The molecule has 6 nitrogen and oxygen atoms in total. The van der Waals surface area contributed by atoms with E-state index in [0.29, 0.717) is 12.2 Å². The Hall–Kier alpha value is -3.10. The molecule has 0 unspecified atom stereocenters. The summed E-state index contributed by atoms with van der Waals surface area (Å²) in [6, 6.07) is 16.3. The second-order valence-corrected chi connectivity index (χ2v) is 8.89. The van der Waals surface area contributed by atoms with Gasteiger partial charge < -0.3 is 10.2 Å². The third kappa shape index (κ3) is 3.59. The molecule has 0 atom stereocenters. The number of thiophene rings is 1. The van der Waals surface area contributed by atoms with Gasteiger partial charge in [-0.1, -0.05) is 41.6 Å². The first kappa shape index (κ1) is 18.9. The molecular formula is C22H19N5OS2. The second kappa shape index (κ2) is 7.97. The van der Waals surface area contributed by atoms with Crippen LogP contribution in [-0.4, -0.2) is 19.7 Å². The van der Waals surface area contributed by atoms with Crippen molar-refractivity contribution in [3.63, 3.8) is 0 Å². The number of rotatable bonds is 6. The number of anilines is 1. The molecule has 4 aromatic heterocycles. The zero-order valence-electron chi connectivity index (χ0n) is 16.3. The summed E-state index contributed by atoms with van der Waals surface area (Å²) < 4.78 is 7.66. The van der Waals surface area contributed by atoms with Crippen molar-refractivity contribution in [2.75, 3.05) is 5.73 Å². The quantitative estimate of drug-likeness (QED) is 0.362. The fourth-order valence-electron chi connectivity index (χ4n) is 3.21. The van der Waals surface area contributed by atoms with Crippen LogP contribution in [0.5, 0.6) is 0 Å². The number of nitrogens with zero attached hydrogens (tertiary/aromatic N) is 4. The van der Waals surface area contributed by atoms with E-state index in [1.165, 1.54) is 22.5 Å². The molecule has 5 aromatic rings. The molecule has 0 aliphatic carbocycles. The van der Waals surface area contributed by atoms with Crippen molar-refractivity contribution in [1.29, 1.82) is 0 Å². The molecule has 0 saturated heterocycles. The number of aromatic nitrogens is 4. The number of benzene rings is 1. The monoisotopic (exact) mass is 433 g/mol. The van der Waals surface area contributed by atoms with E-state index in [4.69, 9.17) is 10.2 Å². The molecule has 0 spiro atoms. The highest BCUT2D eigenvalue weighted by Gasteiger charge is 2.21. The van der Waals surface area contributed by atoms with Crippen molar-refractivity contribution < 1.29 is 4.42 Å². The molecule has 0 fully saturated rings. The summed E-state index contributed by atoms with van der Waals surface area (Å²) in [7, 11) is 0. The molecule has 0 aliphatic heterocycles. The molecule has 0 bridgehead atoms. The summed E-state index contributed by atoms with van der Waals surface area (Å²) in [6.45, 7) is 2.63. The Kier molecular flexibility index (Phi) is 5.02. The molecule has 2 N–H and O–H groups in total. The molecule has 4 heterocycles. The third-order valence-corrected chi connectivity index (χ3v) is 6.97. The summed E-state index contributed by atoms with van der Waals surface area (Å²) in [6.07, 6.45) is 3.45. The molecule has 30 heavy (non-hydrogen) atoms. The van der Waals surface area contributed by atoms with Gasteiger partial charge in [-0.05, 0) is 36.8 Å². The Morgan fingerprint density at radius 3 is 2.73 bits per heavy atom. The maximum Gasteiger partial charge on any atom is 0.192 e. The highest BCUT2D eigenvalue weighted by molar-refractivity contribution is 7.98. The van der Waals surface area contributed by atoms with Gasteiger partial charge in [0.15, 0.2) is 11.0 Å². The Balaban J connectivity index is 1.53. The fraction of sp³-hybridized carbons (Fsp3) is 0.136. The minimum atomic E-state index is 0.534. The smallest absolute Gasteiger partial charge is 0.192 e. The van der Waals surface area contributed by atoms with E-state index >= 15 is 0 Å². The summed E-state index contributed by atoms with van der Waals surface area (Å²) >= 11 is 3.19. The highest BCUT2D eigenvalue weighted by atomic mass is 32.2. The number of furan rings is 1. The number of thioether (sulfide) groups is 1.